The lowest BCUT2D eigenvalue weighted by Gasteiger charge is -2.10. The summed E-state index contributed by atoms with van der Waals surface area (Å²) < 4.78 is 6.82. The third kappa shape index (κ3) is 15.3. The third-order valence-corrected chi connectivity index (χ3v) is 5.20. The Morgan fingerprint density at radius 2 is 1.49 bits per heavy atom. The monoisotopic (exact) mass is 638 g/mol. The minimum atomic E-state index is -0.995. The molecular weight excluding hydrogens is 608 g/mol. The first-order chi connectivity index (χ1) is 16.4. The molecule has 0 radical (unpaired) electrons. The molecule has 0 bridgehead atoms. The maximum absolute atomic E-state index is 11.1. The van der Waals surface area contributed by atoms with Crippen molar-refractivity contribution in [2.45, 2.75) is 19.4 Å². The van der Waals surface area contributed by atoms with Gasteiger partial charge < -0.3 is 24.7 Å². The first-order valence-electron chi connectivity index (χ1n) is 10.5. The molecule has 0 unspecified atom stereocenters. The quantitative estimate of drug-likeness (QED) is 0.226. The fourth-order valence-corrected chi connectivity index (χ4v) is 3.14. The van der Waals surface area contributed by atoms with Crippen molar-refractivity contribution in [3.05, 3.63) is 56.0 Å². The number of pyridine rings is 2. The van der Waals surface area contributed by atoms with E-state index in [9.17, 15) is 9.59 Å². The maximum Gasteiger partial charge on any atom is 0.337 e. The molecule has 2 aromatic heterocycles. The van der Waals surface area contributed by atoms with Gasteiger partial charge in [-0.1, -0.05) is 0 Å². The van der Waals surface area contributed by atoms with E-state index in [4.69, 9.17) is 26.6 Å². The summed E-state index contributed by atoms with van der Waals surface area (Å²) in [5, 5.41) is 17.2. The molecule has 0 aliphatic rings. The van der Waals surface area contributed by atoms with Crippen LogP contribution in [-0.4, -0.2) is 96.2 Å². The van der Waals surface area contributed by atoms with Crippen molar-refractivity contribution in [3.8, 4) is 0 Å². The highest BCUT2D eigenvalue weighted by atomic mass is 79.9. The average molecular weight is 641 g/mol. The van der Waals surface area contributed by atoms with E-state index in [1.165, 1.54) is 13.0 Å². The molecule has 2 heterocycles. The molecule has 0 fully saturated rings. The lowest BCUT2D eigenvalue weighted by Crippen LogP contribution is -2.18. The highest BCUT2D eigenvalue weighted by Gasteiger charge is 2.12. The summed E-state index contributed by atoms with van der Waals surface area (Å²) in [4.78, 5) is 34.0. The number of carbonyl (C=O) groups excluding carboxylic acids is 1. The topological polar surface area (TPSA) is 116 Å². The van der Waals surface area contributed by atoms with E-state index < -0.39 is 5.97 Å². The number of halogens is 3. The van der Waals surface area contributed by atoms with Crippen molar-refractivity contribution < 1.29 is 24.5 Å². The van der Waals surface area contributed by atoms with Crippen LogP contribution in [0, 0.1) is 0 Å². The van der Waals surface area contributed by atoms with Crippen LogP contribution in [0.25, 0.3) is 0 Å². The predicted octanol–water partition coefficient (Wildman–Crippen LogP) is 3.95. The van der Waals surface area contributed by atoms with Crippen LogP contribution in [-0.2, 0) is 17.2 Å². The highest BCUT2D eigenvalue weighted by molar-refractivity contribution is 9.10. The number of rotatable bonds is 10. The number of carboxylic acid groups (broad SMARTS) is 1. The Labute approximate surface area is 228 Å². The number of Topliss-reactive ketones (excluding diaryl/α,β-unsaturated/α-hetero) is 1. The zero-order valence-corrected chi connectivity index (χ0v) is 24.5. The van der Waals surface area contributed by atoms with Crippen LogP contribution in [0.15, 0.2) is 33.5 Å². The Morgan fingerprint density at radius 1 is 0.971 bits per heavy atom. The molecule has 0 aliphatic heterocycles. The molecule has 2 N–H and O–H groups in total. The van der Waals surface area contributed by atoms with Crippen LogP contribution in [0.5, 0.6) is 0 Å². The third-order valence-electron chi connectivity index (χ3n) is 4.08. The van der Waals surface area contributed by atoms with Gasteiger partial charge in [0.15, 0.2) is 5.78 Å². The summed E-state index contributed by atoms with van der Waals surface area (Å²) in [5.74, 6) is -0.744. The highest BCUT2D eigenvalue weighted by Crippen LogP contribution is 2.16. The number of hydrogen-bond acceptors (Lipinski definition) is 8. The fraction of sp³-hybridized carbons (Fsp3) is 0.478. The minimum Gasteiger partial charge on any atom is -0.478 e. The number of ether oxygens (including phenoxy) is 1. The van der Waals surface area contributed by atoms with Gasteiger partial charge in [-0.2, -0.15) is 0 Å². The van der Waals surface area contributed by atoms with Gasteiger partial charge in [-0.25, -0.2) is 4.79 Å². The van der Waals surface area contributed by atoms with Crippen LogP contribution in [0.1, 0.15) is 39.0 Å². The van der Waals surface area contributed by atoms with Crippen molar-refractivity contribution in [1.82, 2.24) is 19.8 Å². The molecule has 0 saturated heterocycles. The number of aromatic carboxylic acids is 1. The molecule has 0 amide bonds. The standard InChI is InChI=1S/C11H15BrN2O3.C8H7BrClNO.C4H11NO/c1-14(2)3-4-17-7-10-9(11(15)16)5-8(12)6-13-10;1-5(12)7-2-6(9)4-11-8(7)3-10;1-5(2)3-4-6/h5-6H,3-4,7H2,1-2H3,(H,15,16);2,4H,3H2,1H3;6H,3-4H2,1-2H3. The summed E-state index contributed by atoms with van der Waals surface area (Å²) in [6.07, 6.45) is 3.20. The number of aliphatic hydroxyl groups excluding tert-OH is 1. The Morgan fingerprint density at radius 3 is 1.89 bits per heavy atom. The lowest BCUT2D eigenvalue weighted by atomic mass is 10.1. The van der Waals surface area contributed by atoms with Gasteiger partial charge in [-0.05, 0) is 79.1 Å². The number of aliphatic hydroxyl groups is 1. The van der Waals surface area contributed by atoms with Gasteiger partial charge in [0.1, 0.15) is 0 Å². The normalized spacial score (nSPS) is 10.4. The van der Waals surface area contributed by atoms with Crippen molar-refractivity contribution >= 4 is 55.2 Å². The predicted molar refractivity (Wildman–Crippen MR) is 144 cm³/mol. The van der Waals surface area contributed by atoms with Crippen molar-refractivity contribution in [1.29, 1.82) is 0 Å². The largest absolute Gasteiger partial charge is 0.478 e. The van der Waals surface area contributed by atoms with Crippen molar-refractivity contribution in [2.24, 2.45) is 0 Å². The summed E-state index contributed by atoms with van der Waals surface area (Å²) in [7, 11) is 7.75. The molecule has 0 atom stereocenters. The van der Waals surface area contributed by atoms with Crippen LogP contribution < -0.4 is 0 Å². The van der Waals surface area contributed by atoms with Crippen LogP contribution >= 0.6 is 43.5 Å². The van der Waals surface area contributed by atoms with E-state index in [0.717, 1.165) is 17.6 Å². The lowest BCUT2D eigenvalue weighted by molar-refractivity contribution is 0.0681. The second-order valence-corrected chi connectivity index (χ2v) is 9.77. The molecular formula is C23H33Br2ClN4O5. The second-order valence-electron chi connectivity index (χ2n) is 7.67. The molecule has 196 valence electrons. The van der Waals surface area contributed by atoms with Gasteiger partial charge >= 0.3 is 5.97 Å². The van der Waals surface area contributed by atoms with E-state index in [1.807, 2.05) is 38.0 Å². The summed E-state index contributed by atoms with van der Waals surface area (Å²) in [6, 6.07) is 3.26. The smallest absolute Gasteiger partial charge is 0.337 e. The van der Waals surface area contributed by atoms with E-state index >= 15 is 0 Å². The maximum atomic E-state index is 11.1. The number of aromatic nitrogens is 2. The Balaban J connectivity index is 0.000000557. The molecule has 9 nitrogen and oxygen atoms in total. The molecule has 12 heteroatoms. The first kappa shape index (κ1) is 33.5. The van der Waals surface area contributed by atoms with E-state index in [-0.39, 0.29) is 30.4 Å². The number of carbonyl (C=O) groups is 2. The van der Waals surface area contributed by atoms with Gasteiger partial charge in [0.05, 0.1) is 42.7 Å². The Kier molecular flexibility index (Phi) is 18.0. The molecule has 0 aliphatic carbocycles. The number of nitrogens with zero attached hydrogens (tertiary/aromatic N) is 4. The molecule has 0 spiro atoms. The SMILES string of the molecule is CC(=O)c1cc(Br)cnc1CCl.CN(C)CCO.CN(C)CCOCc1ncc(Br)cc1C(=O)O. The fourth-order valence-electron chi connectivity index (χ4n) is 2.26. The molecule has 2 rings (SSSR count). The average Bonchev–Trinajstić information content (AvgIpc) is 2.78. The summed E-state index contributed by atoms with van der Waals surface area (Å²) in [5.41, 5.74) is 1.83. The summed E-state index contributed by atoms with van der Waals surface area (Å²) in [6.45, 7) is 4.07. The Hall–Kier alpha value is -1.47. The van der Waals surface area contributed by atoms with Gasteiger partial charge in [-0.15, -0.1) is 11.6 Å². The van der Waals surface area contributed by atoms with Gasteiger partial charge in [0.25, 0.3) is 0 Å². The van der Waals surface area contributed by atoms with Crippen molar-refractivity contribution in [2.75, 3.05) is 54.5 Å². The zero-order chi connectivity index (χ0) is 27.0. The number of likely N-dealkylation sites (N-methyl/N-ethyl adjacent to an activating group) is 2. The van der Waals surface area contributed by atoms with Crippen LogP contribution in [0.3, 0.4) is 0 Å². The number of ketones is 1. The van der Waals surface area contributed by atoms with Crippen LogP contribution in [0.2, 0.25) is 0 Å². The Bertz CT molecular complexity index is 933. The van der Waals surface area contributed by atoms with Gasteiger partial charge in [0, 0.05) is 40.0 Å². The molecule has 2 aromatic rings. The number of carboxylic acids is 1. The number of hydrogen-bond donors (Lipinski definition) is 2. The molecule has 0 saturated carbocycles. The zero-order valence-electron chi connectivity index (χ0n) is 20.6. The summed E-state index contributed by atoms with van der Waals surface area (Å²) >= 11 is 12.0. The van der Waals surface area contributed by atoms with E-state index in [0.29, 0.717) is 28.0 Å². The minimum absolute atomic E-state index is 0.0144. The van der Waals surface area contributed by atoms with Crippen LogP contribution in [0.4, 0.5) is 0 Å². The molecule has 35 heavy (non-hydrogen) atoms. The van der Waals surface area contributed by atoms with Crippen molar-refractivity contribution in [3.63, 3.8) is 0 Å². The number of alkyl halides is 1. The van der Waals surface area contributed by atoms with E-state index in [2.05, 4.69) is 41.8 Å². The second kappa shape index (κ2) is 18.8. The van der Waals surface area contributed by atoms with E-state index in [1.54, 1.807) is 18.5 Å². The molecule has 0 aromatic carbocycles. The van der Waals surface area contributed by atoms with Gasteiger partial charge in [0.2, 0.25) is 0 Å². The first-order valence-corrected chi connectivity index (χ1v) is 12.6. The van der Waals surface area contributed by atoms with Gasteiger partial charge in [-0.3, -0.25) is 14.8 Å².